The molecule has 4 heterocycles. The van der Waals surface area contributed by atoms with Crippen LogP contribution in [0.5, 0.6) is 0 Å². The lowest BCUT2D eigenvalue weighted by molar-refractivity contribution is -0.142. The molecule has 1 atom stereocenters. The third-order valence-electron chi connectivity index (χ3n) is 7.50. The number of rotatable bonds is 4. The molecule has 0 saturated carbocycles. The first kappa shape index (κ1) is 21.1. The van der Waals surface area contributed by atoms with Crippen molar-refractivity contribution in [3.63, 3.8) is 0 Å². The molecule has 32 heavy (non-hydrogen) atoms. The fourth-order valence-corrected chi connectivity index (χ4v) is 5.88. The molecule has 2 fully saturated rings. The number of amides is 2. The summed E-state index contributed by atoms with van der Waals surface area (Å²) in [7, 11) is 0. The zero-order chi connectivity index (χ0) is 22.3. The van der Waals surface area contributed by atoms with Gasteiger partial charge in [0.05, 0.1) is 17.2 Å². The smallest absolute Gasteiger partial charge is 0.254 e. The van der Waals surface area contributed by atoms with Gasteiger partial charge < -0.3 is 9.80 Å². The first-order chi connectivity index (χ1) is 15.5. The molecule has 2 saturated heterocycles. The van der Waals surface area contributed by atoms with E-state index in [1.807, 2.05) is 47.5 Å². The van der Waals surface area contributed by atoms with Crippen LogP contribution in [0.1, 0.15) is 60.6 Å². The van der Waals surface area contributed by atoms with E-state index in [2.05, 4.69) is 34.7 Å². The van der Waals surface area contributed by atoms with Gasteiger partial charge in [0.15, 0.2) is 0 Å². The molecule has 6 heteroatoms. The molecule has 0 N–H and O–H groups in total. The largest absolute Gasteiger partial charge is 0.342 e. The lowest BCUT2D eigenvalue weighted by Crippen LogP contribution is -2.67. The zero-order valence-corrected chi connectivity index (χ0v) is 19.0. The molecule has 0 radical (unpaired) electrons. The molecule has 168 valence electrons. The minimum Gasteiger partial charge on any atom is -0.342 e. The number of carbonyl (C=O) groups is 2. The van der Waals surface area contributed by atoms with E-state index < -0.39 is 5.54 Å². The van der Waals surface area contributed by atoms with Crippen LogP contribution in [0.15, 0.2) is 48.7 Å². The van der Waals surface area contributed by atoms with Crippen molar-refractivity contribution in [2.24, 2.45) is 0 Å². The van der Waals surface area contributed by atoms with Gasteiger partial charge >= 0.3 is 0 Å². The van der Waals surface area contributed by atoms with E-state index in [9.17, 15) is 9.59 Å². The van der Waals surface area contributed by atoms with Crippen LogP contribution >= 0.6 is 0 Å². The zero-order valence-electron chi connectivity index (χ0n) is 19.0. The molecule has 1 aromatic heterocycles. The lowest BCUT2D eigenvalue weighted by Gasteiger charge is -2.57. The highest BCUT2D eigenvalue weighted by molar-refractivity contribution is 6.02. The molecular weight excluding hydrogens is 400 g/mol. The van der Waals surface area contributed by atoms with E-state index in [0.29, 0.717) is 5.56 Å². The van der Waals surface area contributed by atoms with Crippen molar-refractivity contribution < 1.29 is 9.59 Å². The first-order valence-electron chi connectivity index (χ1n) is 11.8. The summed E-state index contributed by atoms with van der Waals surface area (Å²) < 4.78 is 0. The molecule has 2 amide bonds. The Morgan fingerprint density at radius 3 is 2.41 bits per heavy atom. The average molecular weight is 433 g/mol. The van der Waals surface area contributed by atoms with E-state index in [1.54, 1.807) is 0 Å². The Morgan fingerprint density at radius 2 is 1.78 bits per heavy atom. The molecule has 3 aliphatic heterocycles. The second kappa shape index (κ2) is 8.32. The third-order valence-corrected chi connectivity index (χ3v) is 7.50. The number of piperidine rings is 1. The van der Waals surface area contributed by atoms with Crippen molar-refractivity contribution in [1.82, 2.24) is 19.7 Å². The standard InChI is InChI=1S/C26H32N4O2/c1-19(2)30-24(31)22-10-4-3-9-21(22)23(25(32)29-14-7-15-29)26(30)11-16-28(17-12-26)18-20-8-5-6-13-27-20/h3-6,8-10,13,19,23H,7,11-12,14-18H2,1-2H3. The number of pyridine rings is 1. The summed E-state index contributed by atoms with van der Waals surface area (Å²) in [5.41, 5.74) is 2.20. The minimum atomic E-state index is -0.479. The summed E-state index contributed by atoms with van der Waals surface area (Å²) >= 11 is 0. The Kier molecular flexibility index (Phi) is 5.49. The van der Waals surface area contributed by atoms with Crippen LogP contribution in [0, 0.1) is 0 Å². The van der Waals surface area contributed by atoms with Gasteiger partial charge in [0.1, 0.15) is 0 Å². The number of hydrogen-bond donors (Lipinski definition) is 0. The van der Waals surface area contributed by atoms with Gasteiger partial charge in [-0.2, -0.15) is 0 Å². The van der Waals surface area contributed by atoms with E-state index in [-0.39, 0.29) is 23.8 Å². The molecule has 1 spiro atoms. The average Bonchev–Trinajstić information content (AvgIpc) is 2.75. The van der Waals surface area contributed by atoms with Crippen LogP contribution in [0.3, 0.4) is 0 Å². The Bertz CT molecular complexity index is 994. The van der Waals surface area contributed by atoms with E-state index in [1.165, 1.54) is 0 Å². The number of carbonyl (C=O) groups excluding carboxylic acids is 2. The Labute approximate surface area is 190 Å². The summed E-state index contributed by atoms with van der Waals surface area (Å²) in [5, 5.41) is 0. The highest BCUT2D eigenvalue weighted by atomic mass is 16.2. The number of benzene rings is 1. The van der Waals surface area contributed by atoms with Crippen molar-refractivity contribution in [3.8, 4) is 0 Å². The van der Waals surface area contributed by atoms with Crippen LogP contribution in [0.25, 0.3) is 0 Å². The van der Waals surface area contributed by atoms with Crippen molar-refractivity contribution in [1.29, 1.82) is 0 Å². The van der Waals surface area contributed by atoms with E-state index in [0.717, 1.165) is 63.2 Å². The van der Waals surface area contributed by atoms with Gasteiger partial charge in [0.25, 0.3) is 5.91 Å². The number of likely N-dealkylation sites (tertiary alicyclic amines) is 2. The Hall–Kier alpha value is -2.73. The maximum absolute atomic E-state index is 13.8. The van der Waals surface area contributed by atoms with Gasteiger partial charge in [-0.3, -0.25) is 19.5 Å². The highest BCUT2D eigenvalue weighted by Gasteiger charge is 2.57. The second-order valence-corrected chi connectivity index (χ2v) is 9.67. The summed E-state index contributed by atoms with van der Waals surface area (Å²) in [5.74, 6) is -0.0300. The quantitative estimate of drug-likeness (QED) is 0.744. The predicted octanol–water partition coefficient (Wildman–Crippen LogP) is 3.30. The Balaban J connectivity index is 1.51. The van der Waals surface area contributed by atoms with Gasteiger partial charge in [-0.05, 0) is 56.9 Å². The summed E-state index contributed by atoms with van der Waals surface area (Å²) in [6.45, 7) is 8.31. The van der Waals surface area contributed by atoms with Gasteiger partial charge in [-0.15, -0.1) is 0 Å². The van der Waals surface area contributed by atoms with Gasteiger partial charge in [-0.1, -0.05) is 24.3 Å². The molecule has 0 aliphatic carbocycles. The first-order valence-corrected chi connectivity index (χ1v) is 11.8. The van der Waals surface area contributed by atoms with Crippen LogP contribution in [0.2, 0.25) is 0 Å². The molecule has 1 aromatic carbocycles. The summed E-state index contributed by atoms with van der Waals surface area (Å²) in [6.07, 6.45) is 4.49. The van der Waals surface area contributed by atoms with Crippen molar-refractivity contribution >= 4 is 11.8 Å². The molecule has 2 aromatic rings. The lowest BCUT2D eigenvalue weighted by atomic mass is 9.66. The maximum Gasteiger partial charge on any atom is 0.254 e. The number of fused-ring (bicyclic) bond motifs is 1. The third kappa shape index (κ3) is 3.41. The predicted molar refractivity (Wildman–Crippen MR) is 123 cm³/mol. The number of hydrogen-bond acceptors (Lipinski definition) is 4. The second-order valence-electron chi connectivity index (χ2n) is 9.67. The number of nitrogens with zero attached hydrogens (tertiary/aromatic N) is 4. The number of aromatic nitrogens is 1. The molecule has 0 bridgehead atoms. The molecule has 5 rings (SSSR count). The van der Waals surface area contributed by atoms with Gasteiger partial charge in [0, 0.05) is 50.5 Å². The van der Waals surface area contributed by atoms with Crippen LogP contribution in [-0.2, 0) is 11.3 Å². The fraction of sp³-hybridized carbons (Fsp3) is 0.500. The van der Waals surface area contributed by atoms with Gasteiger partial charge in [-0.25, -0.2) is 0 Å². The molecule has 1 unspecified atom stereocenters. The van der Waals surface area contributed by atoms with Crippen molar-refractivity contribution in [2.45, 2.75) is 57.2 Å². The topological polar surface area (TPSA) is 56.8 Å². The Morgan fingerprint density at radius 1 is 1.06 bits per heavy atom. The SMILES string of the molecule is CC(C)N1C(=O)c2ccccc2C(C(=O)N2CCC2)C12CCN(Cc1ccccn1)CC2. The van der Waals surface area contributed by atoms with Crippen LogP contribution in [-0.4, -0.2) is 69.3 Å². The van der Waals surface area contributed by atoms with Crippen LogP contribution < -0.4 is 0 Å². The maximum atomic E-state index is 13.8. The molecule has 6 nitrogen and oxygen atoms in total. The molecular formula is C26H32N4O2. The summed E-state index contributed by atoms with van der Waals surface area (Å²) in [6, 6.07) is 13.8. The monoisotopic (exact) mass is 432 g/mol. The van der Waals surface area contributed by atoms with Crippen LogP contribution in [0.4, 0.5) is 0 Å². The molecule has 3 aliphatic rings. The highest BCUT2D eigenvalue weighted by Crippen LogP contribution is 2.49. The minimum absolute atomic E-state index is 0.0323. The normalized spacial score (nSPS) is 22.7. The van der Waals surface area contributed by atoms with E-state index in [4.69, 9.17) is 0 Å². The van der Waals surface area contributed by atoms with E-state index >= 15 is 0 Å². The fourth-order valence-electron chi connectivity index (χ4n) is 5.88. The van der Waals surface area contributed by atoms with Gasteiger partial charge in [0.2, 0.25) is 5.91 Å². The van der Waals surface area contributed by atoms with Crippen molar-refractivity contribution in [3.05, 3.63) is 65.5 Å². The summed E-state index contributed by atoms with van der Waals surface area (Å²) in [4.78, 5) is 38.5. The van der Waals surface area contributed by atoms with Crippen molar-refractivity contribution in [2.75, 3.05) is 26.2 Å².